The molecule has 0 saturated carbocycles. The van der Waals surface area contributed by atoms with Gasteiger partial charge in [0.05, 0.1) is 5.92 Å². The molecule has 0 fully saturated rings. The smallest absolute Gasteiger partial charge is 0.130 e. The van der Waals surface area contributed by atoms with E-state index in [0.717, 1.165) is 23.6 Å². The van der Waals surface area contributed by atoms with Crippen LogP contribution < -0.4 is 10.5 Å². The lowest BCUT2D eigenvalue weighted by atomic mass is 9.91. The third-order valence-electron chi connectivity index (χ3n) is 2.77. The molecular formula is C12H11NO. The van der Waals surface area contributed by atoms with Crippen LogP contribution in [0.3, 0.4) is 0 Å². The summed E-state index contributed by atoms with van der Waals surface area (Å²) in [6.07, 6.45) is 4.78. The van der Waals surface area contributed by atoms with Crippen molar-refractivity contribution in [2.24, 2.45) is 5.73 Å². The van der Waals surface area contributed by atoms with E-state index >= 15 is 0 Å². The van der Waals surface area contributed by atoms with Crippen molar-refractivity contribution in [3.63, 3.8) is 0 Å². The number of allylic oxidation sites excluding steroid dienone is 4. The molecule has 1 heterocycles. The number of rotatable bonds is 0. The van der Waals surface area contributed by atoms with Gasteiger partial charge in [-0.1, -0.05) is 18.2 Å². The van der Waals surface area contributed by atoms with Crippen molar-refractivity contribution in [2.45, 2.75) is 12.3 Å². The monoisotopic (exact) mass is 185 g/mol. The Labute approximate surface area is 82.7 Å². The predicted octanol–water partition coefficient (Wildman–Crippen LogP) is 2.29. The van der Waals surface area contributed by atoms with E-state index in [1.165, 1.54) is 5.56 Å². The molecule has 0 radical (unpaired) electrons. The van der Waals surface area contributed by atoms with E-state index in [1.807, 2.05) is 30.4 Å². The second-order valence-corrected chi connectivity index (χ2v) is 3.71. The molecule has 0 aromatic heterocycles. The van der Waals surface area contributed by atoms with Crippen LogP contribution in [0.15, 0.2) is 47.9 Å². The highest BCUT2D eigenvalue weighted by Crippen LogP contribution is 2.44. The highest BCUT2D eigenvalue weighted by atomic mass is 16.5. The van der Waals surface area contributed by atoms with Crippen molar-refractivity contribution in [2.75, 3.05) is 0 Å². The standard InChI is InChI=1S/C12H11NO/c13-8-5-6-12-10(7-8)9-3-1-2-4-11(9)14-12/h1-6,10H,7,13H2. The lowest BCUT2D eigenvalue weighted by molar-refractivity contribution is 0.423. The average molecular weight is 185 g/mol. The van der Waals surface area contributed by atoms with Gasteiger partial charge in [0.1, 0.15) is 11.5 Å². The Bertz CT molecular complexity index is 445. The van der Waals surface area contributed by atoms with Gasteiger partial charge in [0.15, 0.2) is 0 Å². The number of ether oxygens (including phenoxy) is 1. The zero-order chi connectivity index (χ0) is 9.54. The lowest BCUT2D eigenvalue weighted by Gasteiger charge is -2.14. The first-order valence-corrected chi connectivity index (χ1v) is 4.77. The maximum atomic E-state index is 5.81. The Morgan fingerprint density at radius 1 is 1.21 bits per heavy atom. The quantitative estimate of drug-likeness (QED) is 0.673. The van der Waals surface area contributed by atoms with E-state index in [1.54, 1.807) is 0 Å². The van der Waals surface area contributed by atoms with Crippen LogP contribution in [0, 0.1) is 0 Å². The predicted molar refractivity (Wildman–Crippen MR) is 54.8 cm³/mol. The van der Waals surface area contributed by atoms with Gasteiger partial charge in [-0.05, 0) is 18.2 Å². The van der Waals surface area contributed by atoms with Crippen LogP contribution in [0.5, 0.6) is 5.75 Å². The van der Waals surface area contributed by atoms with Crippen LogP contribution in [0.1, 0.15) is 17.9 Å². The second kappa shape index (κ2) is 2.64. The second-order valence-electron chi connectivity index (χ2n) is 3.71. The number of benzene rings is 1. The van der Waals surface area contributed by atoms with E-state index in [-0.39, 0.29) is 0 Å². The molecule has 2 heteroatoms. The van der Waals surface area contributed by atoms with Crippen LogP contribution in [-0.4, -0.2) is 0 Å². The van der Waals surface area contributed by atoms with E-state index < -0.39 is 0 Å². The Balaban J connectivity index is 2.10. The van der Waals surface area contributed by atoms with Crippen LogP contribution in [0.2, 0.25) is 0 Å². The van der Waals surface area contributed by atoms with Crippen molar-refractivity contribution in [3.05, 3.63) is 53.4 Å². The Morgan fingerprint density at radius 2 is 2.07 bits per heavy atom. The Morgan fingerprint density at radius 3 is 3.00 bits per heavy atom. The molecule has 1 aromatic rings. The van der Waals surface area contributed by atoms with Crippen LogP contribution in [0.4, 0.5) is 0 Å². The summed E-state index contributed by atoms with van der Waals surface area (Å²) in [5, 5.41) is 0. The summed E-state index contributed by atoms with van der Waals surface area (Å²) in [6, 6.07) is 8.15. The van der Waals surface area contributed by atoms with Crippen molar-refractivity contribution >= 4 is 0 Å². The fraction of sp³-hybridized carbons (Fsp3) is 0.167. The number of nitrogens with two attached hydrogens (primary N) is 1. The number of fused-ring (bicyclic) bond motifs is 3. The molecule has 1 aliphatic heterocycles. The van der Waals surface area contributed by atoms with Crippen molar-refractivity contribution < 1.29 is 4.74 Å². The summed E-state index contributed by atoms with van der Waals surface area (Å²) in [5.41, 5.74) is 8.00. The molecular weight excluding hydrogens is 174 g/mol. The minimum Gasteiger partial charge on any atom is -0.461 e. The largest absolute Gasteiger partial charge is 0.461 e. The van der Waals surface area contributed by atoms with Gasteiger partial charge >= 0.3 is 0 Å². The van der Waals surface area contributed by atoms with E-state index in [0.29, 0.717) is 5.92 Å². The first-order valence-electron chi connectivity index (χ1n) is 4.77. The number of hydrogen-bond acceptors (Lipinski definition) is 2. The minimum atomic E-state index is 0.344. The molecule has 70 valence electrons. The molecule has 1 aromatic carbocycles. The van der Waals surface area contributed by atoms with Gasteiger partial charge in [-0.3, -0.25) is 0 Å². The van der Waals surface area contributed by atoms with E-state index in [4.69, 9.17) is 10.5 Å². The van der Waals surface area contributed by atoms with Gasteiger partial charge in [-0.25, -0.2) is 0 Å². The summed E-state index contributed by atoms with van der Waals surface area (Å²) < 4.78 is 5.72. The molecule has 2 aliphatic rings. The Kier molecular flexibility index (Phi) is 1.45. The minimum absolute atomic E-state index is 0.344. The fourth-order valence-electron chi connectivity index (χ4n) is 2.07. The first-order chi connectivity index (χ1) is 6.84. The molecule has 1 unspecified atom stereocenters. The van der Waals surface area contributed by atoms with Gasteiger partial charge in [0.25, 0.3) is 0 Å². The summed E-state index contributed by atoms with van der Waals surface area (Å²) in [6.45, 7) is 0. The molecule has 14 heavy (non-hydrogen) atoms. The van der Waals surface area contributed by atoms with Gasteiger partial charge in [0, 0.05) is 17.7 Å². The third-order valence-corrected chi connectivity index (χ3v) is 2.77. The third kappa shape index (κ3) is 0.970. The molecule has 0 spiro atoms. The van der Waals surface area contributed by atoms with Crippen LogP contribution >= 0.6 is 0 Å². The zero-order valence-corrected chi connectivity index (χ0v) is 7.73. The van der Waals surface area contributed by atoms with Gasteiger partial charge in [-0.2, -0.15) is 0 Å². The molecule has 0 saturated heterocycles. The SMILES string of the molecule is NC1=CC=C2Oc3ccccc3C2C1. The maximum Gasteiger partial charge on any atom is 0.130 e. The van der Waals surface area contributed by atoms with Crippen molar-refractivity contribution in [1.29, 1.82) is 0 Å². The Hall–Kier alpha value is -1.70. The normalized spacial score (nSPS) is 23.0. The van der Waals surface area contributed by atoms with E-state index in [9.17, 15) is 0 Å². The number of para-hydroxylation sites is 1. The fourth-order valence-corrected chi connectivity index (χ4v) is 2.07. The van der Waals surface area contributed by atoms with Gasteiger partial charge in [-0.15, -0.1) is 0 Å². The summed E-state index contributed by atoms with van der Waals surface area (Å²) in [4.78, 5) is 0. The summed E-state index contributed by atoms with van der Waals surface area (Å²) >= 11 is 0. The molecule has 1 atom stereocenters. The summed E-state index contributed by atoms with van der Waals surface area (Å²) in [5.74, 6) is 2.35. The van der Waals surface area contributed by atoms with Crippen LogP contribution in [0.25, 0.3) is 0 Å². The molecule has 2 N–H and O–H groups in total. The highest BCUT2D eigenvalue weighted by Gasteiger charge is 2.30. The molecule has 0 bridgehead atoms. The lowest BCUT2D eigenvalue weighted by Crippen LogP contribution is -2.09. The highest BCUT2D eigenvalue weighted by molar-refractivity contribution is 5.49. The van der Waals surface area contributed by atoms with E-state index in [2.05, 4.69) is 6.07 Å². The van der Waals surface area contributed by atoms with Crippen molar-refractivity contribution in [1.82, 2.24) is 0 Å². The maximum absolute atomic E-state index is 5.81. The first kappa shape index (κ1) is 7.68. The van der Waals surface area contributed by atoms with Gasteiger partial charge < -0.3 is 10.5 Å². The molecule has 0 amide bonds. The van der Waals surface area contributed by atoms with Gasteiger partial charge in [0.2, 0.25) is 0 Å². The topological polar surface area (TPSA) is 35.2 Å². The average Bonchev–Trinajstić information content (AvgIpc) is 2.56. The zero-order valence-electron chi connectivity index (χ0n) is 7.73. The molecule has 3 rings (SSSR count). The number of hydrogen-bond donors (Lipinski definition) is 1. The molecule has 2 nitrogen and oxygen atoms in total. The van der Waals surface area contributed by atoms with Crippen LogP contribution in [-0.2, 0) is 0 Å². The van der Waals surface area contributed by atoms with Crippen molar-refractivity contribution in [3.8, 4) is 5.75 Å². The summed E-state index contributed by atoms with van der Waals surface area (Å²) in [7, 11) is 0. The molecule has 1 aliphatic carbocycles.